The van der Waals surface area contributed by atoms with Gasteiger partial charge in [-0.15, -0.1) is 0 Å². The number of hydrogen-bond donors (Lipinski definition) is 0. The molecule has 2 rings (SSSR count). The van der Waals surface area contributed by atoms with Crippen LogP contribution in [0.1, 0.15) is 29.5 Å². The maximum Gasteiger partial charge on any atom is 0.313 e. The van der Waals surface area contributed by atoms with E-state index in [0.29, 0.717) is 17.0 Å². The minimum atomic E-state index is -0.544. The highest BCUT2D eigenvalue weighted by molar-refractivity contribution is 6.09. The third-order valence-corrected chi connectivity index (χ3v) is 2.80. The van der Waals surface area contributed by atoms with Crippen LogP contribution in [0.3, 0.4) is 0 Å². The Bertz CT molecular complexity index is 616. The van der Waals surface area contributed by atoms with Crippen molar-refractivity contribution in [1.82, 2.24) is 5.16 Å². The molecule has 0 radical (unpaired) electrons. The zero-order valence-corrected chi connectivity index (χ0v) is 11.4. The molecule has 2 aromatic rings. The van der Waals surface area contributed by atoms with Crippen molar-refractivity contribution in [3.05, 3.63) is 41.7 Å². The van der Waals surface area contributed by atoms with E-state index < -0.39 is 5.97 Å². The third kappa shape index (κ3) is 2.93. The molecule has 0 atom stereocenters. The Kier molecular flexibility index (Phi) is 4.30. The van der Waals surface area contributed by atoms with Crippen LogP contribution in [-0.4, -0.2) is 23.5 Å². The predicted molar refractivity (Wildman–Crippen MR) is 72.3 cm³/mol. The van der Waals surface area contributed by atoms with Crippen LogP contribution in [0.4, 0.5) is 0 Å². The van der Waals surface area contributed by atoms with Crippen molar-refractivity contribution in [2.24, 2.45) is 0 Å². The summed E-state index contributed by atoms with van der Waals surface area (Å²) in [7, 11) is 0. The van der Waals surface area contributed by atoms with Gasteiger partial charge in [-0.1, -0.05) is 35.5 Å². The lowest BCUT2D eigenvalue weighted by molar-refractivity contribution is -0.141. The molecule has 5 heteroatoms. The molecule has 20 heavy (non-hydrogen) atoms. The first-order valence-corrected chi connectivity index (χ1v) is 6.34. The summed E-state index contributed by atoms with van der Waals surface area (Å²) in [4.78, 5) is 23.6. The summed E-state index contributed by atoms with van der Waals surface area (Å²) in [5.41, 5.74) is 1.57. The SMILES string of the molecule is CCOC(=O)CC(=O)c1c(-c2ccccc2)noc1C. The summed E-state index contributed by atoms with van der Waals surface area (Å²) < 4.78 is 9.88. The summed E-state index contributed by atoms with van der Waals surface area (Å²) in [5.74, 6) is -0.490. The number of benzene rings is 1. The van der Waals surface area contributed by atoms with Crippen LogP contribution in [0, 0.1) is 6.92 Å². The van der Waals surface area contributed by atoms with Crippen LogP contribution < -0.4 is 0 Å². The molecule has 1 heterocycles. The fraction of sp³-hybridized carbons (Fsp3) is 0.267. The summed E-state index contributed by atoms with van der Waals surface area (Å²) in [5, 5.41) is 3.91. The van der Waals surface area contributed by atoms with Crippen LogP contribution in [0.2, 0.25) is 0 Å². The highest BCUT2D eigenvalue weighted by Gasteiger charge is 2.23. The van der Waals surface area contributed by atoms with E-state index in [1.165, 1.54) is 0 Å². The number of carbonyl (C=O) groups is 2. The summed E-state index contributed by atoms with van der Waals surface area (Å²) in [6.07, 6.45) is -0.310. The van der Waals surface area contributed by atoms with E-state index in [9.17, 15) is 9.59 Å². The molecule has 0 amide bonds. The van der Waals surface area contributed by atoms with Gasteiger partial charge in [0.25, 0.3) is 0 Å². The minimum Gasteiger partial charge on any atom is -0.466 e. The number of aryl methyl sites for hydroxylation is 1. The monoisotopic (exact) mass is 273 g/mol. The molecule has 0 fully saturated rings. The number of carbonyl (C=O) groups excluding carboxylic acids is 2. The Labute approximate surface area is 116 Å². The van der Waals surface area contributed by atoms with E-state index >= 15 is 0 Å². The van der Waals surface area contributed by atoms with Gasteiger partial charge in [0.15, 0.2) is 5.78 Å². The van der Waals surface area contributed by atoms with Crippen LogP contribution in [0.15, 0.2) is 34.9 Å². The lowest BCUT2D eigenvalue weighted by Crippen LogP contribution is -2.12. The van der Waals surface area contributed by atoms with Gasteiger partial charge in [0, 0.05) is 5.56 Å². The van der Waals surface area contributed by atoms with Gasteiger partial charge in [0.05, 0.1) is 12.2 Å². The van der Waals surface area contributed by atoms with Crippen LogP contribution >= 0.6 is 0 Å². The number of nitrogens with zero attached hydrogens (tertiary/aromatic N) is 1. The molecule has 1 aromatic carbocycles. The second kappa shape index (κ2) is 6.14. The number of aromatic nitrogens is 1. The molecule has 0 saturated carbocycles. The number of Topliss-reactive ketones (excluding diaryl/α,β-unsaturated/α-hetero) is 1. The predicted octanol–water partition coefficient (Wildman–Crippen LogP) is 2.79. The van der Waals surface area contributed by atoms with Crippen molar-refractivity contribution >= 4 is 11.8 Å². The van der Waals surface area contributed by atoms with E-state index in [4.69, 9.17) is 9.26 Å². The highest BCUT2D eigenvalue weighted by Crippen LogP contribution is 2.26. The first kappa shape index (κ1) is 14.0. The van der Waals surface area contributed by atoms with Crippen molar-refractivity contribution in [1.29, 1.82) is 0 Å². The standard InChI is InChI=1S/C15H15NO4/c1-3-19-13(18)9-12(17)14-10(2)20-16-15(14)11-7-5-4-6-8-11/h4-8H,3,9H2,1-2H3. The normalized spacial score (nSPS) is 10.3. The van der Waals surface area contributed by atoms with Crippen LogP contribution in [0.25, 0.3) is 11.3 Å². The first-order valence-electron chi connectivity index (χ1n) is 6.34. The van der Waals surface area contributed by atoms with Gasteiger partial charge < -0.3 is 9.26 Å². The third-order valence-electron chi connectivity index (χ3n) is 2.80. The molecule has 0 saturated heterocycles. The molecule has 0 spiro atoms. The second-order valence-corrected chi connectivity index (χ2v) is 4.23. The zero-order chi connectivity index (χ0) is 14.5. The Morgan fingerprint density at radius 3 is 2.60 bits per heavy atom. The number of ketones is 1. The molecule has 104 valence electrons. The van der Waals surface area contributed by atoms with E-state index in [-0.39, 0.29) is 18.8 Å². The molecule has 0 aliphatic rings. The van der Waals surface area contributed by atoms with Gasteiger partial charge in [-0.05, 0) is 13.8 Å². The smallest absolute Gasteiger partial charge is 0.313 e. The summed E-state index contributed by atoms with van der Waals surface area (Å²) in [6, 6.07) is 9.23. The van der Waals surface area contributed by atoms with Crippen molar-refractivity contribution in [2.45, 2.75) is 20.3 Å². The molecular weight excluding hydrogens is 258 g/mol. The fourth-order valence-electron chi connectivity index (χ4n) is 1.93. The van der Waals surface area contributed by atoms with Crippen molar-refractivity contribution in [2.75, 3.05) is 6.61 Å². The summed E-state index contributed by atoms with van der Waals surface area (Å²) >= 11 is 0. The molecule has 0 aliphatic heterocycles. The van der Waals surface area contributed by atoms with E-state index in [0.717, 1.165) is 5.56 Å². The van der Waals surface area contributed by atoms with E-state index in [2.05, 4.69) is 5.16 Å². The van der Waals surface area contributed by atoms with Crippen LogP contribution in [0.5, 0.6) is 0 Å². The van der Waals surface area contributed by atoms with Gasteiger partial charge in [0.2, 0.25) is 0 Å². The van der Waals surface area contributed by atoms with Gasteiger partial charge in [0.1, 0.15) is 17.9 Å². The molecular formula is C15H15NO4. The second-order valence-electron chi connectivity index (χ2n) is 4.23. The quantitative estimate of drug-likeness (QED) is 0.476. The van der Waals surface area contributed by atoms with E-state index in [1.807, 2.05) is 30.3 Å². The van der Waals surface area contributed by atoms with Crippen molar-refractivity contribution in [3.63, 3.8) is 0 Å². The van der Waals surface area contributed by atoms with Crippen molar-refractivity contribution < 1.29 is 18.8 Å². The van der Waals surface area contributed by atoms with Crippen LogP contribution in [-0.2, 0) is 9.53 Å². The average molecular weight is 273 g/mol. The lowest BCUT2D eigenvalue weighted by atomic mass is 10.0. The maximum absolute atomic E-state index is 12.2. The zero-order valence-electron chi connectivity index (χ0n) is 11.4. The topological polar surface area (TPSA) is 69.4 Å². The number of ether oxygens (including phenoxy) is 1. The molecule has 0 N–H and O–H groups in total. The highest BCUT2D eigenvalue weighted by atomic mass is 16.5. The Hall–Kier alpha value is -2.43. The van der Waals surface area contributed by atoms with E-state index in [1.54, 1.807) is 13.8 Å². The first-order chi connectivity index (χ1) is 9.63. The van der Waals surface area contributed by atoms with Crippen molar-refractivity contribution in [3.8, 4) is 11.3 Å². The Balaban J connectivity index is 2.30. The molecule has 5 nitrogen and oxygen atoms in total. The molecule has 0 bridgehead atoms. The molecule has 0 unspecified atom stereocenters. The number of rotatable bonds is 5. The molecule has 0 aliphatic carbocycles. The Morgan fingerprint density at radius 2 is 1.95 bits per heavy atom. The number of esters is 1. The van der Waals surface area contributed by atoms with Gasteiger partial charge in [-0.25, -0.2) is 0 Å². The Morgan fingerprint density at radius 1 is 1.25 bits per heavy atom. The largest absolute Gasteiger partial charge is 0.466 e. The van der Waals surface area contributed by atoms with Gasteiger partial charge in [-0.2, -0.15) is 0 Å². The molecule has 1 aromatic heterocycles. The fourth-order valence-corrected chi connectivity index (χ4v) is 1.93. The number of hydrogen-bond acceptors (Lipinski definition) is 5. The summed E-state index contributed by atoms with van der Waals surface area (Å²) in [6.45, 7) is 3.60. The maximum atomic E-state index is 12.2. The lowest BCUT2D eigenvalue weighted by Gasteiger charge is -2.02. The van der Waals surface area contributed by atoms with Gasteiger partial charge in [-0.3, -0.25) is 9.59 Å². The minimum absolute atomic E-state index is 0.250. The van der Waals surface area contributed by atoms with Gasteiger partial charge >= 0.3 is 5.97 Å². The average Bonchev–Trinajstić information content (AvgIpc) is 2.82.